The standard InChI is InChI=1S/C26H31N5O2/c1-19-13-24(29-26(28-19)30-9-5-2-6-10-30)25(32)31-11-12-33-18-20(17-31)14-22-16-27-15-21-7-3-4-8-23(21)22/h3-4,7-8,13,15-16,20H,2,5-6,9-12,14,17-18H2,1H3. The third-order valence-electron chi connectivity index (χ3n) is 6.58. The third-order valence-corrected chi connectivity index (χ3v) is 6.58. The Balaban J connectivity index is 1.34. The maximum atomic E-state index is 13.5. The molecular weight excluding hydrogens is 414 g/mol. The van der Waals surface area contributed by atoms with Crippen LogP contribution >= 0.6 is 0 Å². The van der Waals surface area contributed by atoms with Crippen LogP contribution in [-0.2, 0) is 11.2 Å². The van der Waals surface area contributed by atoms with Crippen molar-refractivity contribution in [1.29, 1.82) is 0 Å². The molecule has 2 fully saturated rings. The van der Waals surface area contributed by atoms with E-state index in [1.807, 2.05) is 36.4 Å². The van der Waals surface area contributed by atoms with Crippen LogP contribution in [0.1, 0.15) is 41.0 Å². The van der Waals surface area contributed by atoms with Crippen molar-refractivity contribution in [2.24, 2.45) is 5.92 Å². The van der Waals surface area contributed by atoms with Crippen molar-refractivity contribution in [3.63, 3.8) is 0 Å². The Kier molecular flexibility index (Phi) is 6.48. The molecule has 4 heterocycles. The number of hydrogen-bond acceptors (Lipinski definition) is 6. The summed E-state index contributed by atoms with van der Waals surface area (Å²) < 4.78 is 5.90. The summed E-state index contributed by atoms with van der Waals surface area (Å²) >= 11 is 0. The number of nitrogens with zero attached hydrogens (tertiary/aromatic N) is 5. The van der Waals surface area contributed by atoms with Crippen LogP contribution in [0.2, 0.25) is 0 Å². The molecule has 2 aliphatic heterocycles. The maximum Gasteiger partial charge on any atom is 0.272 e. The Morgan fingerprint density at radius 3 is 2.82 bits per heavy atom. The van der Waals surface area contributed by atoms with Crippen molar-refractivity contribution in [3.8, 4) is 0 Å². The maximum absolute atomic E-state index is 13.5. The van der Waals surface area contributed by atoms with E-state index in [1.165, 1.54) is 17.4 Å². The normalized spacial score (nSPS) is 19.5. The molecule has 1 aromatic carbocycles. The number of aromatic nitrogens is 3. The van der Waals surface area contributed by atoms with Crippen molar-refractivity contribution >= 4 is 22.6 Å². The molecular formula is C26H31N5O2. The van der Waals surface area contributed by atoms with Gasteiger partial charge in [0.05, 0.1) is 13.2 Å². The number of rotatable bonds is 4. The molecule has 1 atom stereocenters. The largest absolute Gasteiger partial charge is 0.379 e. The molecule has 0 bridgehead atoms. The van der Waals surface area contributed by atoms with Gasteiger partial charge < -0.3 is 14.5 Å². The molecule has 5 rings (SSSR count). The highest BCUT2D eigenvalue weighted by Gasteiger charge is 2.26. The molecule has 2 aromatic heterocycles. The van der Waals surface area contributed by atoms with Crippen LogP contribution in [0.4, 0.5) is 5.95 Å². The van der Waals surface area contributed by atoms with Crippen LogP contribution in [0.3, 0.4) is 0 Å². The minimum absolute atomic E-state index is 0.0368. The molecule has 7 heteroatoms. The SMILES string of the molecule is Cc1cc(C(=O)N2CCOCC(Cc3cncc4ccccc34)C2)nc(N2CCCCC2)n1. The van der Waals surface area contributed by atoms with E-state index >= 15 is 0 Å². The number of ether oxygens (including phenoxy) is 1. The molecule has 0 radical (unpaired) electrons. The molecule has 3 aromatic rings. The number of piperidine rings is 1. The lowest BCUT2D eigenvalue weighted by molar-refractivity contribution is 0.0731. The van der Waals surface area contributed by atoms with Crippen LogP contribution < -0.4 is 4.90 Å². The summed E-state index contributed by atoms with van der Waals surface area (Å²) in [6.07, 6.45) is 8.20. The van der Waals surface area contributed by atoms with Gasteiger partial charge in [0.15, 0.2) is 0 Å². The lowest BCUT2D eigenvalue weighted by Crippen LogP contribution is -2.37. The number of carbonyl (C=O) groups excluding carboxylic acids is 1. The summed E-state index contributed by atoms with van der Waals surface area (Å²) in [5, 5.41) is 2.35. The van der Waals surface area contributed by atoms with E-state index < -0.39 is 0 Å². The van der Waals surface area contributed by atoms with Crippen LogP contribution in [0.25, 0.3) is 10.8 Å². The second-order valence-corrected chi connectivity index (χ2v) is 9.16. The zero-order chi connectivity index (χ0) is 22.6. The van der Waals surface area contributed by atoms with Gasteiger partial charge in [-0.25, -0.2) is 9.97 Å². The van der Waals surface area contributed by atoms with Gasteiger partial charge in [-0.1, -0.05) is 24.3 Å². The topological polar surface area (TPSA) is 71.5 Å². The van der Waals surface area contributed by atoms with Gasteiger partial charge in [-0.05, 0) is 49.6 Å². The summed E-state index contributed by atoms with van der Waals surface area (Å²) in [5.41, 5.74) is 2.51. The van der Waals surface area contributed by atoms with Crippen molar-refractivity contribution in [1.82, 2.24) is 19.9 Å². The Labute approximate surface area is 194 Å². The fraction of sp³-hybridized carbons (Fsp3) is 0.462. The van der Waals surface area contributed by atoms with Gasteiger partial charge in [-0.3, -0.25) is 9.78 Å². The highest BCUT2D eigenvalue weighted by atomic mass is 16.5. The average Bonchev–Trinajstić information content (AvgIpc) is 3.09. The Morgan fingerprint density at radius 1 is 1.09 bits per heavy atom. The summed E-state index contributed by atoms with van der Waals surface area (Å²) in [6, 6.07) is 10.1. The number of hydrogen-bond donors (Lipinski definition) is 0. The minimum Gasteiger partial charge on any atom is -0.379 e. The van der Waals surface area contributed by atoms with Crippen LogP contribution in [0.5, 0.6) is 0 Å². The predicted molar refractivity (Wildman–Crippen MR) is 128 cm³/mol. The minimum atomic E-state index is -0.0368. The number of benzene rings is 1. The highest BCUT2D eigenvalue weighted by molar-refractivity contribution is 5.92. The summed E-state index contributed by atoms with van der Waals surface area (Å²) in [4.78, 5) is 31.3. The van der Waals surface area contributed by atoms with E-state index in [0.29, 0.717) is 37.9 Å². The van der Waals surface area contributed by atoms with E-state index in [9.17, 15) is 4.79 Å². The smallest absolute Gasteiger partial charge is 0.272 e. The monoisotopic (exact) mass is 445 g/mol. The average molecular weight is 446 g/mol. The summed E-state index contributed by atoms with van der Waals surface area (Å²) in [5.74, 6) is 0.848. The molecule has 0 N–H and O–H groups in total. The number of amides is 1. The first-order valence-electron chi connectivity index (χ1n) is 12.0. The first-order valence-corrected chi connectivity index (χ1v) is 12.0. The molecule has 0 spiro atoms. The van der Waals surface area contributed by atoms with Crippen molar-refractivity contribution in [2.75, 3.05) is 44.3 Å². The molecule has 0 aliphatic carbocycles. The second-order valence-electron chi connectivity index (χ2n) is 9.16. The van der Waals surface area contributed by atoms with Crippen LogP contribution in [0, 0.1) is 12.8 Å². The summed E-state index contributed by atoms with van der Waals surface area (Å²) in [6.45, 7) is 6.24. The molecule has 2 saturated heterocycles. The molecule has 172 valence electrons. The third kappa shape index (κ3) is 4.98. The quantitative estimate of drug-likeness (QED) is 0.610. The Morgan fingerprint density at radius 2 is 1.94 bits per heavy atom. The lowest BCUT2D eigenvalue weighted by Gasteiger charge is -2.28. The van der Waals surface area contributed by atoms with Gasteiger partial charge in [0.25, 0.3) is 5.91 Å². The van der Waals surface area contributed by atoms with Crippen molar-refractivity contribution < 1.29 is 9.53 Å². The van der Waals surface area contributed by atoms with Gasteiger partial charge in [0.2, 0.25) is 5.95 Å². The predicted octanol–water partition coefficient (Wildman–Crippen LogP) is 3.65. The highest BCUT2D eigenvalue weighted by Crippen LogP contribution is 2.23. The van der Waals surface area contributed by atoms with Gasteiger partial charge in [-0.15, -0.1) is 0 Å². The Bertz CT molecular complexity index is 1120. The molecule has 0 saturated carbocycles. The van der Waals surface area contributed by atoms with Gasteiger partial charge in [0, 0.05) is 55.6 Å². The van der Waals surface area contributed by atoms with E-state index in [0.717, 1.165) is 43.4 Å². The summed E-state index contributed by atoms with van der Waals surface area (Å²) in [7, 11) is 0. The van der Waals surface area contributed by atoms with Gasteiger partial charge in [-0.2, -0.15) is 0 Å². The molecule has 1 unspecified atom stereocenters. The zero-order valence-electron chi connectivity index (χ0n) is 19.2. The number of aryl methyl sites for hydroxylation is 1. The molecule has 33 heavy (non-hydrogen) atoms. The van der Waals surface area contributed by atoms with Crippen LogP contribution in [-0.4, -0.2) is 65.2 Å². The van der Waals surface area contributed by atoms with E-state index in [2.05, 4.69) is 38.1 Å². The van der Waals surface area contributed by atoms with Gasteiger partial charge in [0.1, 0.15) is 5.69 Å². The van der Waals surface area contributed by atoms with E-state index in [1.54, 1.807) is 0 Å². The fourth-order valence-corrected chi connectivity index (χ4v) is 4.90. The number of carbonyl (C=O) groups is 1. The van der Waals surface area contributed by atoms with Crippen molar-refractivity contribution in [3.05, 3.63) is 59.7 Å². The van der Waals surface area contributed by atoms with Gasteiger partial charge >= 0.3 is 0 Å². The number of pyridine rings is 1. The number of fused-ring (bicyclic) bond motifs is 1. The number of anilines is 1. The first kappa shape index (κ1) is 21.8. The van der Waals surface area contributed by atoms with E-state index in [-0.39, 0.29) is 11.8 Å². The molecule has 1 amide bonds. The lowest BCUT2D eigenvalue weighted by atomic mass is 9.96. The Hall–Kier alpha value is -3.06. The molecule has 2 aliphatic rings. The zero-order valence-corrected chi connectivity index (χ0v) is 19.2. The first-order chi connectivity index (χ1) is 16.2. The fourth-order valence-electron chi connectivity index (χ4n) is 4.90. The van der Waals surface area contributed by atoms with Crippen molar-refractivity contribution in [2.45, 2.75) is 32.6 Å². The van der Waals surface area contributed by atoms with Crippen LogP contribution in [0.15, 0.2) is 42.7 Å². The molecule has 7 nitrogen and oxygen atoms in total. The second kappa shape index (κ2) is 9.83. The van der Waals surface area contributed by atoms with E-state index in [4.69, 9.17) is 4.74 Å².